The lowest BCUT2D eigenvalue weighted by atomic mass is 9.89. The van der Waals surface area contributed by atoms with E-state index in [1.807, 2.05) is 0 Å². The number of benzene rings is 1. The number of hydrogen-bond acceptors (Lipinski definition) is 9. The first-order chi connectivity index (χ1) is 12.9. The van der Waals surface area contributed by atoms with Gasteiger partial charge >= 0.3 is 23.9 Å². The standard InChI is InChI=1S/C18H18O9/c1-23-14(19)11-12(15(20)24-2)18(16(21)25-3,17(22)26-4)27-13(11)10-8-6-5-7-9-10/h5-9,13H,1-4H3/t13-/m1/s1. The minimum Gasteiger partial charge on any atom is -0.466 e. The molecule has 144 valence electrons. The average Bonchev–Trinajstić information content (AvgIpc) is 3.09. The third kappa shape index (κ3) is 3.17. The second kappa shape index (κ2) is 8.00. The molecule has 0 saturated carbocycles. The Morgan fingerprint density at radius 2 is 1.33 bits per heavy atom. The highest BCUT2D eigenvalue weighted by Gasteiger charge is 2.65. The highest BCUT2D eigenvalue weighted by molar-refractivity contribution is 6.19. The second-order valence-corrected chi connectivity index (χ2v) is 5.34. The number of carbonyl (C=O) groups is 4. The molecule has 1 heterocycles. The van der Waals surface area contributed by atoms with Crippen LogP contribution in [0.5, 0.6) is 0 Å². The molecule has 0 unspecified atom stereocenters. The molecule has 1 aromatic rings. The number of hydrogen-bond donors (Lipinski definition) is 0. The van der Waals surface area contributed by atoms with E-state index in [1.165, 1.54) is 0 Å². The first-order valence-corrected chi connectivity index (χ1v) is 7.69. The van der Waals surface area contributed by atoms with Crippen LogP contribution in [0.15, 0.2) is 41.5 Å². The molecule has 0 aromatic heterocycles. The van der Waals surface area contributed by atoms with Gasteiger partial charge in [0.1, 0.15) is 11.7 Å². The predicted octanol–water partition coefficient (Wildman–Crippen LogP) is 0.485. The lowest BCUT2D eigenvalue weighted by Crippen LogP contribution is -2.52. The molecule has 27 heavy (non-hydrogen) atoms. The third-order valence-electron chi connectivity index (χ3n) is 4.02. The maximum atomic E-state index is 12.6. The summed E-state index contributed by atoms with van der Waals surface area (Å²) >= 11 is 0. The molecule has 0 fully saturated rings. The van der Waals surface area contributed by atoms with Crippen LogP contribution in [0.1, 0.15) is 11.7 Å². The molecule has 9 nitrogen and oxygen atoms in total. The van der Waals surface area contributed by atoms with E-state index < -0.39 is 41.2 Å². The van der Waals surface area contributed by atoms with Crippen LogP contribution in [0.4, 0.5) is 0 Å². The van der Waals surface area contributed by atoms with Crippen LogP contribution >= 0.6 is 0 Å². The van der Waals surface area contributed by atoms with Crippen molar-refractivity contribution in [1.82, 2.24) is 0 Å². The van der Waals surface area contributed by atoms with Gasteiger partial charge in [0.2, 0.25) is 0 Å². The lowest BCUT2D eigenvalue weighted by molar-refractivity contribution is -0.185. The molecule has 0 radical (unpaired) electrons. The number of methoxy groups -OCH3 is 4. The molecule has 1 aliphatic heterocycles. The highest BCUT2D eigenvalue weighted by atomic mass is 16.6. The monoisotopic (exact) mass is 378 g/mol. The number of ether oxygens (including phenoxy) is 5. The molecule has 0 aliphatic carbocycles. The Kier molecular flexibility index (Phi) is 5.96. The molecule has 0 N–H and O–H groups in total. The summed E-state index contributed by atoms with van der Waals surface area (Å²) in [6, 6.07) is 8.21. The zero-order chi connectivity index (χ0) is 20.2. The van der Waals surface area contributed by atoms with Gasteiger partial charge in [-0.2, -0.15) is 0 Å². The van der Waals surface area contributed by atoms with E-state index in [4.69, 9.17) is 9.47 Å². The first-order valence-electron chi connectivity index (χ1n) is 7.69. The summed E-state index contributed by atoms with van der Waals surface area (Å²) < 4.78 is 24.5. The van der Waals surface area contributed by atoms with Crippen LogP contribution in [-0.4, -0.2) is 57.9 Å². The summed E-state index contributed by atoms with van der Waals surface area (Å²) in [5.41, 5.74) is -3.24. The fourth-order valence-electron chi connectivity index (χ4n) is 2.82. The fraction of sp³-hybridized carbons (Fsp3) is 0.333. The van der Waals surface area contributed by atoms with E-state index in [-0.39, 0.29) is 5.57 Å². The van der Waals surface area contributed by atoms with Crippen LogP contribution in [0, 0.1) is 0 Å². The molecule has 1 aromatic carbocycles. The van der Waals surface area contributed by atoms with Gasteiger partial charge in [0, 0.05) is 0 Å². The second-order valence-electron chi connectivity index (χ2n) is 5.34. The average molecular weight is 378 g/mol. The van der Waals surface area contributed by atoms with Crippen molar-refractivity contribution >= 4 is 23.9 Å². The van der Waals surface area contributed by atoms with E-state index >= 15 is 0 Å². The van der Waals surface area contributed by atoms with Crippen molar-refractivity contribution in [1.29, 1.82) is 0 Å². The number of rotatable bonds is 5. The highest BCUT2D eigenvalue weighted by Crippen LogP contribution is 2.46. The van der Waals surface area contributed by atoms with Crippen molar-refractivity contribution in [3.63, 3.8) is 0 Å². The lowest BCUT2D eigenvalue weighted by Gasteiger charge is -2.26. The van der Waals surface area contributed by atoms with Crippen molar-refractivity contribution < 1.29 is 42.9 Å². The van der Waals surface area contributed by atoms with E-state index in [0.29, 0.717) is 5.56 Å². The van der Waals surface area contributed by atoms with Gasteiger partial charge in [0.15, 0.2) is 0 Å². The summed E-state index contributed by atoms with van der Waals surface area (Å²) in [6.07, 6.45) is -1.27. The minimum absolute atomic E-state index is 0.355. The molecule has 2 rings (SSSR count). The van der Waals surface area contributed by atoms with E-state index in [0.717, 1.165) is 28.4 Å². The topological polar surface area (TPSA) is 114 Å². The Morgan fingerprint density at radius 1 is 0.815 bits per heavy atom. The predicted molar refractivity (Wildman–Crippen MR) is 88.1 cm³/mol. The van der Waals surface area contributed by atoms with Crippen LogP contribution in [0.3, 0.4) is 0 Å². The van der Waals surface area contributed by atoms with Gasteiger partial charge in [-0.3, -0.25) is 0 Å². The third-order valence-corrected chi connectivity index (χ3v) is 4.02. The quantitative estimate of drug-likeness (QED) is 0.410. The van der Waals surface area contributed by atoms with E-state index in [2.05, 4.69) is 14.2 Å². The molecule has 0 saturated heterocycles. The zero-order valence-corrected chi connectivity index (χ0v) is 15.1. The Morgan fingerprint density at radius 3 is 1.78 bits per heavy atom. The molecule has 0 amide bonds. The van der Waals surface area contributed by atoms with Crippen LogP contribution in [-0.2, 0) is 42.9 Å². The van der Waals surface area contributed by atoms with Crippen molar-refractivity contribution in [3.05, 3.63) is 47.0 Å². The van der Waals surface area contributed by atoms with Crippen LogP contribution in [0.25, 0.3) is 0 Å². The van der Waals surface area contributed by atoms with Gasteiger partial charge in [-0.15, -0.1) is 0 Å². The maximum absolute atomic E-state index is 12.6. The van der Waals surface area contributed by atoms with Crippen molar-refractivity contribution in [3.8, 4) is 0 Å². The Labute approximate surface area is 154 Å². The van der Waals surface area contributed by atoms with Crippen molar-refractivity contribution in [2.75, 3.05) is 28.4 Å². The van der Waals surface area contributed by atoms with Gasteiger partial charge in [0.05, 0.1) is 34.0 Å². The molecule has 1 atom stereocenters. The van der Waals surface area contributed by atoms with Crippen molar-refractivity contribution in [2.24, 2.45) is 0 Å². The summed E-state index contributed by atoms with van der Waals surface area (Å²) in [5, 5.41) is 0. The molecule has 0 spiro atoms. The number of carbonyl (C=O) groups excluding carboxylic acids is 4. The summed E-state index contributed by atoms with van der Waals surface area (Å²) in [6.45, 7) is 0. The summed E-state index contributed by atoms with van der Waals surface area (Å²) in [5.74, 6) is -4.59. The van der Waals surface area contributed by atoms with E-state index in [1.54, 1.807) is 30.3 Å². The Bertz CT molecular complexity index is 778. The maximum Gasteiger partial charge on any atom is 0.355 e. The van der Waals surface area contributed by atoms with Gasteiger partial charge < -0.3 is 23.7 Å². The number of esters is 4. The molecule has 1 aliphatic rings. The smallest absolute Gasteiger partial charge is 0.355 e. The summed E-state index contributed by atoms with van der Waals surface area (Å²) in [7, 11) is 4.11. The van der Waals surface area contributed by atoms with Gasteiger partial charge in [-0.25, -0.2) is 19.2 Å². The molecular weight excluding hydrogens is 360 g/mol. The van der Waals surface area contributed by atoms with Gasteiger partial charge in [-0.05, 0) is 5.56 Å². The normalized spacial score (nSPS) is 17.9. The van der Waals surface area contributed by atoms with E-state index in [9.17, 15) is 19.2 Å². The molecule has 9 heteroatoms. The van der Waals surface area contributed by atoms with Crippen LogP contribution < -0.4 is 0 Å². The van der Waals surface area contributed by atoms with Gasteiger partial charge in [-0.1, -0.05) is 30.3 Å². The zero-order valence-electron chi connectivity index (χ0n) is 15.1. The summed E-state index contributed by atoms with van der Waals surface area (Å²) in [4.78, 5) is 50.1. The first kappa shape index (κ1) is 20.1. The van der Waals surface area contributed by atoms with Crippen molar-refractivity contribution in [2.45, 2.75) is 11.7 Å². The largest absolute Gasteiger partial charge is 0.466 e. The van der Waals surface area contributed by atoms with Gasteiger partial charge in [0.25, 0.3) is 5.60 Å². The minimum atomic E-state index is -2.64. The fourth-order valence-corrected chi connectivity index (χ4v) is 2.82. The Hall–Kier alpha value is -3.20. The molecule has 0 bridgehead atoms. The SMILES string of the molecule is COC(=O)C1=C(C(=O)OC)C(C(=O)OC)(C(=O)OC)O[C@@H]1c1ccccc1. The van der Waals surface area contributed by atoms with Crippen LogP contribution in [0.2, 0.25) is 0 Å². The molecular formula is C18H18O9. The Balaban J connectivity index is 2.87.